The number of nitrogens with two attached hydrogens (primary N) is 1. The maximum atomic E-state index is 6.23. The molecule has 1 unspecified atom stereocenters. The Hall–Kier alpha value is -0.240. The van der Waals surface area contributed by atoms with Gasteiger partial charge in [0.25, 0.3) is 0 Å². The van der Waals surface area contributed by atoms with Crippen molar-refractivity contribution in [1.82, 2.24) is 0 Å². The molecule has 19 heavy (non-hydrogen) atoms. The van der Waals surface area contributed by atoms with Crippen LogP contribution >= 0.6 is 23.2 Å². The van der Waals surface area contributed by atoms with Gasteiger partial charge in [-0.15, -0.1) is 0 Å². The molecule has 0 bridgehead atoms. The molecule has 3 heteroatoms. The molecule has 0 heterocycles. The summed E-state index contributed by atoms with van der Waals surface area (Å²) in [6, 6.07) is 6.05. The minimum Gasteiger partial charge on any atom is -0.327 e. The Morgan fingerprint density at radius 3 is 2.53 bits per heavy atom. The van der Waals surface area contributed by atoms with Crippen molar-refractivity contribution in [3.05, 3.63) is 33.8 Å². The summed E-state index contributed by atoms with van der Waals surface area (Å²) in [5, 5.41) is 1.24. The van der Waals surface area contributed by atoms with Crippen LogP contribution in [0.25, 0.3) is 0 Å². The van der Waals surface area contributed by atoms with Gasteiger partial charge in [0.15, 0.2) is 0 Å². The smallest absolute Gasteiger partial charge is 0.0595 e. The first-order valence-electron chi connectivity index (χ1n) is 7.34. The average molecular weight is 300 g/mol. The van der Waals surface area contributed by atoms with Crippen molar-refractivity contribution in [1.29, 1.82) is 0 Å². The molecule has 0 aliphatic heterocycles. The summed E-state index contributed by atoms with van der Waals surface area (Å²) in [6.07, 6.45) is 10.3. The normalized spacial score (nSPS) is 18.5. The Morgan fingerprint density at radius 2 is 1.84 bits per heavy atom. The molecule has 0 spiro atoms. The lowest BCUT2D eigenvalue weighted by molar-refractivity contribution is 0.323. The van der Waals surface area contributed by atoms with E-state index in [4.69, 9.17) is 28.9 Å². The van der Waals surface area contributed by atoms with Crippen LogP contribution in [0.2, 0.25) is 10.0 Å². The third-order valence-electron chi connectivity index (χ3n) is 4.15. The quantitative estimate of drug-likeness (QED) is 0.792. The molecule has 1 atom stereocenters. The van der Waals surface area contributed by atoms with Gasteiger partial charge in [-0.2, -0.15) is 0 Å². The predicted molar refractivity (Wildman–Crippen MR) is 84.0 cm³/mol. The van der Waals surface area contributed by atoms with Crippen LogP contribution in [0.1, 0.15) is 50.5 Å². The average Bonchev–Trinajstić information content (AvgIpc) is 2.42. The van der Waals surface area contributed by atoms with Gasteiger partial charge < -0.3 is 5.73 Å². The lowest BCUT2D eigenvalue weighted by Gasteiger charge is -2.23. The lowest BCUT2D eigenvalue weighted by atomic mass is 9.85. The van der Waals surface area contributed by atoms with E-state index in [2.05, 4.69) is 0 Å². The highest BCUT2D eigenvalue weighted by Gasteiger charge is 2.15. The maximum absolute atomic E-state index is 6.23. The van der Waals surface area contributed by atoms with Gasteiger partial charge in [-0.3, -0.25) is 0 Å². The highest BCUT2D eigenvalue weighted by molar-refractivity contribution is 6.42. The van der Waals surface area contributed by atoms with Crippen molar-refractivity contribution in [2.24, 2.45) is 11.7 Å². The standard InChI is InChI=1S/C16H23Cl2N/c17-15-9-7-13(11-16(15)18)10-14(19)8-6-12-4-2-1-3-5-12/h7,9,11-12,14H,1-6,8,10,19H2. The summed E-state index contributed by atoms with van der Waals surface area (Å²) in [4.78, 5) is 0. The molecule has 0 aromatic heterocycles. The minimum atomic E-state index is 0.235. The molecule has 2 rings (SSSR count). The van der Waals surface area contributed by atoms with E-state index in [-0.39, 0.29) is 6.04 Å². The largest absolute Gasteiger partial charge is 0.327 e. The molecule has 0 saturated heterocycles. The molecule has 106 valence electrons. The van der Waals surface area contributed by atoms with Gasteiger partial charge in [-0.05, 0) is 42.9 Å². The zero-order valence-corrected chi connectivity index (χ0v) is 12.9. The monoisotopic (exact) mass is 299 g/mol. The molecule has 1 aliphatic carbocycles. The van der Waals surface area contributed by atoms with Crippen LogP contribution in [0.15, 0.2) is 18.2 Å². The molecule has 2 N–H and O–H groups in total. The summed E-state index contributed by atoms with van der Waals surface area (Å²) in [5.41, 5.74) is 7.42. The Morgan fingerprint density at radius 1 is 1.11 bits per heavy atom. The van der Waals surface area contributed by atoms with E-state index < -0.39 is 0 Å². The van der Waals surface area contributed by atoms with Gasteiger partial charge in [0.2, 0.25) is 0 Å². The zero-order valence-electron chi connectivity index (χ0n) is 11.4. The van der Waals surface area contributed by atoms with E-state index in [1.54, 1.807) is 0 Å². The SMILES string of the molecule is NC(CCC1CCCCC1)Cc1ccc(Cl)c(Cl)c1. The van der Waals surface area contributed by atoms with Gasteiger partial charge in [0, 0.05) is 6.04 Å². The zero-order chi connectivity index (χ0) is 13.7. The van der Waals surface area contributed by atoms with E-state index in [9.17, 15) is 0 Å². The summed E-state index contributed by atoms with van der Waals surface area (Å²) >= 11 is 11.9. The fourth-order valence-electron chi connectivity index (χ4n) is 3.00. The van der Waals surface area contributed by atoms with E-state index in [0.29, 0.717) is 10.0 Å². The highest BCUT2D eigenvalue weighted by atomic mass is 35.5. The number of hydrogen-bond acceptors (Lipinski definition) is 1. The molecule has 1 nitrogen and oxygen atoms in total. The predicted octanol–water partition coefficient (Wildman–Crippen LogP) is 5.22. The van der Waals surface area contributed by atoms with Gasteiger partial charge in [0.05, 0.1) is 10.0 Å². The van der Waals surface area contributed by atoms with Gasteiger partial charge >= 0.3 is 0 Å². The third kappa shape index (κ3) is 4.98. The van der Waals surface area contributed by atoms with E-state index in [0.717, 1.165) is 18.8 Å². The summed E-state index contributed by atoms with van der Waals surface area (Å²) in [5.74, 6) is 0.911. The molecule has 1 aromatic carbocycles. The maximum Gasteiger partial charge on any atom is 0.0595 e. The number of hydrogen-bond donors (Lipinski definition) is 1. The van der Waals surface area contributed by atoms with Crippen LogP contribution in [0.4, 0.5) is 0 Å². The molecule has 1 aliphatic rings. The first-order valence-corrected chi connectivity index (χ1v) is 8.10. The Balaban J connectivity index is 1.76. The van der Waals surface area contributed by atoms with Gasteiger partial charge in [-0.25, -0.2) is 0 Å². The molecule has 0 amide bonds. The summed E-state index contributed by atoms with van der Waals surface area (Å²) in [6.45, 7) is 0. The van der Waals surface area contributed by atoms with E-state index in [1.807, 2.05) is 18.2 Å². The van der Waals surface area contributed by atoms with Crippen LogP contribution in [-0.4, -0.2) is 6.04 Å². The van der Waals surface area contributed by atoms with Crippen molar-refractivity contribution in [2.75, 3.05) is 0 Å². The Labute approximate surface area is 126 Å². The Bertz CT molecular complexity index is 400. The van der Waals surface area contributed by atoms with Crippen molar-refractivity contribution in [2.45, 2.75) is 57.4 Å². The van der Waals surface area contributed by atoms with E-state index in [1.165, 1.54) is 44.1 Å². The van der Waals surface area contributed by atoms with Crippen LogP contribution < -0.4 is 5.73 Å². The molecule has 0 radical (unpaired) electrons. The topological polar surface area (TPSA) is 26.0 Å². The van der Waals surface area contributed by atoms with Crippen molar-refractivity contribution >= 4 is 23.2 Å². The molecule has 1 fully saturated rings. The number of benzene rings is 1. The third-order valence-corrected chi connectivity index (χ3v) is 4.89. The van der Waals surface area contributed by atoms with Crippen LogP contribution in [-0.2, 0) is 6.42 Å². The van der Waals surface area contributed by atoms with E-state index >= 15 is 0 Å². The minimum absolute atomic E-state index is 0.235. The lowest BCUT2D eigenvalue weighted by Crippen LogP contribution is -2.24. The summed E-state index contributed by atoms with van der Waals surface area (Å²) in [7, 11) is 0. The first kappa shape index (κ1) is 15.2. The molecular weight excluding hydrogens is 277 g/mol. The molecular formula is C16H23Cl2N. The molecule has 1 saturated carbocycles. The van der Waals surface area contributed by atoms with Crippen molar-refractivity contribution in [3.63, 3.8) is 0 Å². The van der Waals surface area contributed by atoms with Gasteiger partial charge in [0.1, 0.15) is 0 Å². The van der Waals surface area contributed by atoms with Crippen molar-refractivity contribution < 1.29 is 0 Å². The fourth-order valence-corrected chi connectivity index (χ4v) is 3.32. The first-order chi connectivity index (χ1) is 9.15. The second-order valence-electron chi connectivity index (χ2n) is 5.79. The number of rotatable bonds is 5. The highest BCUT2D eigenvalue weighted by Crippen LogP contribution is 2.28. The van der Waals surface area contributed by atoms with Crippen LogP contribution in [0.5, 0.6) is 0 Å². The van der Waals surface area contributed by atoms with Crippen LogP contribution in [0.3, 0.4) is 0 Å². The van der Waals surface area contributed by atoms with Crippen molar-refractivity contribution in [3.8, 4) is 0 Å². The number of halogens is 2. The molecule has 1 aromatic rings. The van der Waals surface area contributed by atoms with Crippen LogP contribution in [0, 0.1) is 5.92 Å². The second kappa shape index (κ2) is 7.52. The Kier molecular flexibility index (Phi) is 6.00. The van der Waals surface area contributed by atoms with Gasteiger partial charge in [-0.1, -0.05) is 61.4 Å². The fraction of sp³-hybridized carbons (Fsp3) is 0.625. The second-order valence-corrected chi connectivity index (χ2v) is 6.61. The summed E-state index contributed by atoms with van der Waals surface area (Å²) < 4.78 is 0.